The molecule has 5 nitrogen and oxygen atoms in total. The van der Waals surface area contributed by atoms with Crippen LogP contribution in [0.15, 0.2) is 42.7 Å². The van der Waals surface area contributed by atoms with Crippen LogP contribution in [-0.2, 0) is 11.2 Å². The van der Waals surface area contributed by atoms with Gasteiger partial charge in [0.2, 0.25) is 5.91 Å². The van der Waals surface area contributed by atoms with E-state index in [9.17, 15) is 4.79 Å². The van der Waals surface area contributed by atoms with Gasteiger partial charge in [-0.1, -0.05) is 18.2 Å². The number of likely N-dealkylation sites (tertiary alicyclic amines) is 1. The molecule has 1 aliphatic rings. The highest BCUT2D eigenvalue weighted by Crippen LogP contribution is 2.13. The Morgan fingerprint density at radius 2 is 2.00 bits per heavy atom. The van der Waals surface area contributed by atoms with Crippen LogP contribution in [0.3, 0.4) is 0 Å². The van der Waals surface area contributed by atoms with Crippen LogP contribution >= 0.6 is 0 Å². The van der Waals surface area contributed by atoms with Crippen molar-refractivity contribution in [1.82, 2.24) is 20.0 Å². The van der Waals surface area contributed by atoms with E-state index in [2.05, 4.69) is 10.4 Å². The van der Waals surface area contributed by atoms with Crippen molar-refractivity contribution in [2.75, 3.05) is 20.1 Å². The summed E-state index contributed by atoms with van der Waals surface area (Å²) in [5.41, 5.74) is 2.14. The predicted octanol–water partition coefficient (Wildman–Crippen LogP) is 2.02. The number of nitrogens with one attached hydrogen (secondary N) is 1. The van der Waals surface area contributed by atoms with Crippen LogP contribution in [0.1, 0.15) is 24.8 Å². The van der Waals surface area contributed by atoms with Crippen LogP contribution in [0.2, 0.25) is 0 Å². The maximum absolute atomic E-state index is 12.3. The Balaban J connectivity index is 1.51. The SMILES string of the molecule is CNC1CCN(C(=O)CCc2cnn(-c3ccccc3)c2)CC1. The molecule has 0 aliphatic carbocycles. The summed E-state index contributed by atoms with van der Waals surface area (Å²) in [7, 11) is 1.99. The summed E-state index contributed by atoms with van der Waals surface area (Å²) in [6.07, 6.45) is 7.27. The Labute approximate surface area is 137 Å². The van der Waals surface area contributed by atoms with Crippen molar-refractivity contribution in [3.63, 3.8) is 0 Å². The second kappa shape index (κ2) is 7.42. The molecule has 0 unspecified atom stereocenters. The van der Waals surface area contributed by atoms with Crippen molar-refractivity contribution in [1.29, 1.82) is 0 Å². The summed E-state index contributed by atoms with van der Waals surface area (Å²) < 4.78 is 1.86. The first kappa shape index (κ1) is 15.7. The van der Waals surface area contributed by atoms with E-state index in [4.69, 9.17) is 0 Å². The van der Waals surface area contributed by atoms with Gasteiger partial charge < -0.3 is 10.2 Å². The lowest BCUT2D eigenvalue weighted by Gasteiger charge is -2.31. The van der Waals surface area contributed by atoms with E-state index in [1.165, 1.54) is 0 Å². The zero-order valence-corrected chi connectivity index (χ0v) is 13.6. The number of aryl methyl sites for hydroxylation is 1. The van der Waals surface area contributed by atoms with Crippen LogP contribution in [-0.4, -0.2) is 46.8 Å². The lowest BCUT2D eigenvalue weighted by molar-refractivity contribution is -0.132. The summed E-state index contributed by atoms with van der Waals surface area (Å²) in [6, 6.07) is 10.6. The van der Waals surface area contributed by atoms with Crippen molar-refractivity contribution in [3.05, 3.63) is 48.3 Å². The molecule has 0 atom stereocenters. The summed E-state index contributed by atoms with van der Waals surface area (Å²) >= 11 is 0. The summed E-state index contributed by atoms with van der Waals surface area (Å²) in [6.45, 7) is 1.74. The van der Waals surface area contributed by atoms with Crippen LogP contribution in [0.4, 0.5) is 0 Å². The standard InChI is InChI=1S/C18H24N4O/c1-19-16-9-11-21(12-10-16)18(23)8-7-15-13-20-22(14-15)17-5-3-2-4-6-17/h2-6,13-14,16,19H,7-12H2,1H3. The van der Waals surface area contributed by atoms with Crippen molar-refractivity contribution >= 4 is 5.91 Å². The molecule has 23 heavy (non-hydrogen) atoms. The van der Waals surface area contributed by atoms with Gasteiger partial charge in [-0.2, -0.15) is 5.10 Å². The molecule has 1 aromatic heterocycles. The highest BCUT2D eigenvalue weighted by atomic mass is 16.2. The third-order valence-corrected chi connectivity index (χ3v) is 4.54. The third-order valence-electron chi connectivity index (χ3n) is 4.54. The first-order valence-electron chi connectivity index (χ1n) is 8.30. The molecule has 0 radical (unpaired) electrons. The molecule has 1 fully saturated rings. The fourth-order valence-electron chi connectivity index (χ4n) is 3.04. The normalized spacial score (nSPS) is 15.8. The number of carbonyl (C=O) groups excluding carboxylic acids is 1. The van der Waals surface area contributed by atoms with E-state index >= 15 is 0 Å². The quantitative estimate of drug-likeness (QED) is 0.919. The van der Waals surface area contributed by atoms with Gasteiger partial charge in [0.1, 0.15) is 0 Å². The number of para-hydroxylation sites is 1. The zero-order valence-electron chi connectivity index (χ0n) is 13.6. The Hall–Kier alpha value is -2.14. The van der Waals surface area contributed by atoms with E-state index in [1.54, 1.807) is 0 Å². The number of nitrogens with zero attached hydrogens (tertiary/aromatic N) is 3. The van der Waals surface area contributed by atoms with Gasteiger partial charge in [-0.3, -0.25) is 4.79 Å². The molecule has 2 heterocycles. The number of amides is 1. The summed E-state index contributed by atoms with van der Waals surface area (Å²) in [5, 5.41) is 7.67. The fraction of sp³-hybridized carbons (Fsp3) is 0.444. The fourth-order valence-corrected chi connectivity index (χ4v) is 3.04. The molecular formula is C18H24N4O. The topological polar surface area (TPSA) is 50.2 Å². The largest absolute Gasteiger partial charge is 0.343 e. The maximum atomic E-state index is 12.3. The van der Waals surface area contributed by atoms with Crippen molar-refractivity contribution in [2.45, 2.75) is 31.7 Å². The number of piperidine rings is 1. The number of hydrogen-bond acceptors (Lipinski definition) is 3. The molecule has 122 valence electrons. The van der Waals surface area contributed by atoms with E-state index in [-0.39, 0.29) is 5.91 Å². The minimum atomic E-state index is 0.256. The average molecular weight is 312 g/mol. The Morgan fingerprint density at radius 1 is 1.26 bits per heavy atom. The molecule has 1 saturated heterocycles. The van der Waals surface area contributed by atoms with Gasteiger partial charge >= 0.3 is 0 Å². The second-order valence-corrected chi connectivity index (χ2v) is 6.07. The zero-order chi connectivity index (χ0) is 16.1. The van der Waals surface area contributed by atoms with Gasteiger partial charge in [-0.25, -0.2) is 4.68 Å². The number of hydrogen-bond donors (Lipinski definition) is 1. The molecule has 0 saturated carbocycles. The Morgan fingerprint density at radius 3 is 2.70 bits per heavy atom. The second-order valence-electron chi connectivity index (χ2n) is 6.07. The Kier molecular flexibility index (Phi) is 5.08. The lowest BCUT2D eigenvalue weighted by Crippen LogP contribution is -2.44. The van der Waals surface area contributed by atoms with Crippen molar-refractivity contribution in [3.8, 4) is 5.69 Å². The first-order chi connectivity index (χ1) is 11.3. The number of rotatable bonds is 5. The monoisotopic (exact) mass is 312 g/mol. The smallest absolute Gasteiger partial charge is 0.222 e. The van der Waals surface area contributed by atoms with Crippen LogP contribution < -0.4 is 5.32 Å². The highest BCUT2D eigenvalue weighted by molar-refractivity contribution is 5.76. The number of benzene rings is 1. The minimum Gasteiger partial charge on any atom is -0.343 e. The predicted molar refractivity (Wildman–Crippen MR) is 90.5 cm³/mol. The van der Waals surface area contributed by atoms with Gasteiger partial charge in [0.25, 0.3) is 0 Å². The molecular weight excluding hydrogens is 288 g/mol. The molecule has 0 bridgehead atoms. The van der Waals surface area contributed by atoms with E-state index in [0.717, 1.165) is 43.6 Å². The van der Waals surface area contributed by atoms with Gasteiger partial charge in [-0.05, 0) is 44.0 Å². The third kappa shape index (κ3) is 3.99. The van der Waals surface area contributed by atoms with E-state index in [0.29, 0.717) is 12.5 Å². The first-order valence-corrected chi connectivity index (χ1v) is 8.30. The van der Waals surface area contributed by atoms with Gasteiger partial charge in [-0.15, -0.1) is 0 Å². The van der Waals surface area contributed by atoms with Crippen LogP contribution in [0.25, 0.3) is 5.69 Å². The molecule has 1 aromatic carbocycles. The summed E-state index contributed by atoms with van der Waals surface area (Å²) in [5.74, 6) is 0.256. The lowest BCUT2D eigenvalue weighted by atomic mass is 10.0. The molecule has 2 aromatic rings. The number of aromatic nitrogens is 2. The Bertz CT molecular complexity index is 629. The molecule has 0 spiro atoms. The van der Waals surface area contributed by atoms with Crippen LogP contribution in [0, 0.1) is 0 Å². The average Bonchev–Trinajstić information content (AvgIpc) is 3.09. The maximum Gasteiger partial charge on any atom is 0.222 e. The summed E-state index contributed by atoms with van der Waals surface area (Å²) in [4.78, 5) is 14.3. The van der Waals surface area contributed by atoms with Crippen molar-refractivity contribution in [2.24, 2.45) is 0 Å². The minimum absolute atomic E-state index is 0.256. The highest BCUT2D eigenvalue weighted by Gasteiger charge is 2.21. The molecule has 3 rings (SSSR count). The molecule has 1 amide bonds. The molecule has 1 N–H and O–H groups in total. The van der Waals surface area contributed by atoms with Gasteiger partial charge in [0.15, 0.2) is 0 Å². The van der Waals surface area contributed by atoms with E-state index < -0.39 is 0 Å². The number of carbonyl (C=O) groups is 1. The van der Waals surface area contributed by atoms with E-state index in [1.807, 2.05) is 59.4 Å². The van der Waals surface area contributed by atoms with Crippen LogP contribution in [0.5, 0.6) is 0 Å². The molecule has 1 aliphatic heterocycles. The van der Waals surface area contributed by atoms with Crippen molar-refractivity contribution < 1.29 is 4.79 Å². The van der Waals surface area contributed by atoms with Gasteiger partial charge in [0, 0.05) is 31.7 Å². The molecule has 5 heteroatoms. The van der Waals surface area contributed by atoms with Gasteiger partial charge in [0.05, 0.1) is 11.9 Å².